The predicted octanol–water partition coefficient (Wildman–Crippen LogP) is 3.29. The molecule has 0 aliphatic carbocycles. The Morgan fingerprint density at radius 2 is 1.85 bits per heavy atom. The van der Waals surface area contributed by atoms with E-state index >= 15 is 0 Å². The Kier molecular flexibility index (Phi) is 8.71. The number of fused-ring (bicyclic) bond motifs is 1. The van der Waals surface area contributed by atoms with Crippen molar-refractivity contribution in [2.45, 2.75) is 32.6 Å². The van der Waals surface area contributed by atoms with E-state index in [2.05, 4.69) is 56.7 Å². The van der Waals surface area contributed by atoms with Gasteiger partial charge in [-0.1, -0.05) is 24.6 Å². The third-order valence-electron chi connectivity index (χ3n) is 5.09. The van der Waals surface area contributed by atoms with Crippen LogP contribution in [0.5, 0.6) is 0 Å². The van der Waals surface area contributed by atoms with E-state index in [9.17, 15) is 0 Å². The van der Waals surface area contributed by atoms with Gasteiger partial charge < -0.3 is 20.5 Å². The largest absolute Gasteiger partial charge is 0.358 e. The van der Waals surface area contributed by atoms with Gasteiger partial charge in [-0.2, -0.15) is 0 Å². The topological polar surface area (TPSA) is 55.5 Å². The maximum Gasteiger partial charge on any atom is 0.191 e. The molecular weight excluding hydrogens is 437 g/mol. The number of hydrogen-bond acceptors (Lipinski definition) is 2. The van der Waals surface area contributed by atoms with E-state index in [1.54, 1.807) is 0 Å². The summed E-state index contributed by atoms with van der Waals surface area (Å²) in [5.41, 5.74) is 3.88. The van der Waals surface area contributed by atoms with Gasteiger partial charge in [0.1, 0.15) is 0 Å². The van der Waals surface area contributed by atoms with Crippen molar-refractivity contribution >= 4 is 40.8 Å². The molecule has 1 aromatic heterocycles. The molecule has 1 aliphatic heterocycles. The average molecular weight is 469 g/mol. The molecule has 0 radical (unpaired) electrons. The van der Waals surface area contributed by atoms with E-state index in [0.717, 1.165) is 32.0 Å². The van der Waals surface area contributed by atoms with Gasteiger partial charge in [0.2, 0.25) is 0 Å². The zero-order valence-corrected chi connectivity index (χ0v) is 18.3. The van der Waals surface area contributed by atoms with Crippen LogP contribution in [0.1, 0.15) is 30.5 Å². The summed E-state index contributed by atoms with van der Waals surface area (Å²) >= 11 is 0. The second kappa shape index (κ2) is 10.8. The summed E-state index contributed by atoms with van der Waals surface area (Å²) < 4.78 is 0. The fraction of sp³-hybridized carbons (Fsp3) is 0.550. The third kappa shape index (κ3) is 5.61. The van der Waals surface area contributed by atoms with Gasteiger partial charge in [-0.25, -0.2) is 0 Å². The molecule has 6 heteroatoms. The quantitative estimate of drug-likeness (QED) is 0.346. The molecule has 1 fully saturated rings. The van der Waals surface area contributed by atoms with Crippen LogP contribution in [-0.2, 0) is 6.42 Å². The molecular formula is C20H32IN5. The molecule has 0 bridgehead atoms. The number of H-pyrrole nitrogens is 1. The van der Waals surface area contributed by atoms with Crippen molar-refractivity contribution in [1.82, 2.24) is 20.5 Å². The Morgan fingerprint density at radius 3 is 2.62 bits per heavy atom. The number of nitrogens with one attached hydrogen (secondary N) is 3. The smallest absolute Gasteiger partial charge is 0.191 e. The molecule has 2 heterocycles. The molecule has 2 aromatic rings. The minimum atomic E-state index is 0. The molecule has 3 N–H and O–H groups in total. The standard InChI is InChI=1S/C20H31N5.HI/c1-16-17(18-8-4-5-9-19(18)24-16)10-11-22-20(21-2)23-12-15-25-13-6-3-7-14-25;/h4-5,8-9,24H,3,6-7,10-15H2,1-2H3,(H2,21,22,23);1H. The molecule has 144 valence electrons. The predicted molar refractivity (Wildman–Crippen MR) is 122 cm³/mol. The molecule has 0 saturated carbocycles. The maximum atomic E-state index is 4.34. The summed E-state index contributed by atoms with van der Waals surface area (Å²) in [5.74, 6) is 0.898. The summed E-state index contributed by atoms with van der Waals surface area (Å²) in [7, 11) is 1.84. The fourth-order valence-corrected chi connectivity index (χ4v) is 3.70. The maximum absolute atomic E-state index is 4.34. The zero-order valence-electron chi connectivity index (χ0n) is 16.0. The van der Waals surface area contributed by atoms with Crippen molar-refractivity contribution in [3.8, 4) is 0 Å². The van der Waals surface area contributed by atoms with Crippen LogP contribution in [0.3, 0.4) is 0 Å². The first-order valence-electron chi connectivity index (χ1n) is 9.51. The Morgan fingerprint density at radius 1 is 1.12 bits per heavy atom. The number of rotatable bonds is 6. The second-order valence-electron chi connectivity index (χ2n) is 6.85. The van der Waals surface area contributed by atoms with Gasteiger partial charge in [0.15, 0.2) is 5.96 Å². The number of aliphatic imine (C=N–C) groups is 1. The minimum Gasteiger partial charge on any atom is -0.358 e. The van der Waals surface area contributed by atoms with E-state index in [1.165, 1.54) is 54.5 Å². The van der Waals surface area contributed by atoms with Crippen LogP contribution < -0.4 is 10.6 Å². The molecule has 3 rings (SSSR count). The van der Waals surface area contributed by atoms with Gasteiger partial charge in [-0.05, 0) is 50.9 Å². The van der Waals surface area contributed by atoms with Crippen molar-refractivity contribution in [3.05, 3.63) is 35.5 Å². The Labute approximate surface area is 174 Å². The Hall–Kier alpha value is -1.28. The Balaban J connectivity index is 0.00000243. The van der Waals surface area contributed by atoms with E-state index in [0.29, 0.717) is 0 Å². The van der Waals surface area contributed by atoms with E-state index in [1.807, 2.05) is 7.05 Å². The monoisotopic (exact) mass is 469 g/mol. The molecule has 5 nitrogen and oxygen atoms in total. The number of para-hydroxylation sites is 1. The number of piperidine rings is 1. The highest BCUT2D eigenvalue weighted by atomic mass is 127. The van der Waals surface area contributed by atoms with Gasteiger partial charge in [-0.15, -0.1) is 24.0 Å². The van der Waals surface area contributed by atoms with Crippen molar-refractivity contribution < 1.29 is 0 Å². The lowest BCUT2D eigenvalue weighted by Gasteiger charge is -2.26. The van der Waals surface area contributed by atoms with E-state index < -0.39 is 0 Å². The number of likely N-dealkylation sites (tertiary alicyclic amines) is 1. The Bertz CT molecular complexity index is 703. The summed E-state index contributed by atoms with van der Waals surface area (Å²) in [5, 5.41) is 8.21. The molecule has 26 heavy (non-hydrogen) atoms. The van der Waals surface area contributed by atoms with Crippen LogP contribution in [0.25, 0.3) is 10.9 Å². The normalized spacial score (nSPS) is 15.7. The number of aryl methyl sites for hydroxylation is 1. The van der Waals surface area contributed by atoms with Crippen LogP contribution in [0.15, 0.2) is 29.3 Å². The van der Waals surface area contributed by atoms with Crippen LogP contribution >= 0.6 is 24.0 Å². The second-order valence-corrected chi connectivity index (χ2v) is 6.85. The van der Waals surface area contributed by atoms with Crippen LogP contribution in [0.2, 0.25) is 0 Å². The highest BCUT2D eigenvalue weighted by Crippen LogP contribution is 2.21. The molecule has 0 spiro atoms. The van der Waals surface area contributed by atoms with Gasteiger partial charge in [-0.3, -0.25) is 4.99 Å². The lowest BCUT2D eigenvalue weighted by atomic mass is 10.1. The number of guanidine groups is 1. The van der Waals surface area contributed by atoms with Crippen LogP contribution in [0.4, 0.5) is 0 Å². The molecule has 0 atom stereocenters. The van der Waals surface area contributed by atoms with Crippen molar-refractivity contribution in [3.63, 3.8) is 0 Å². The number of hydrogen-bond donors (Lipinski definition) is 3. The minimum absolute atomic E-state index is 0. The zero-order chi connectivity index (χ0) is 17.5. The van der Waals surface area contributed by atoms with E-state index in [-0.39, 0.29) is 24.0 Å². The van der Waals surface area contributed by atoms with Gasteiger partial charge in [0.05, 0.1) is 0 Å². The number of aromatic nitrogens is 1. The number of nitrogens with zero attached hydrogens (tertiary/aromatic N) is 2. The average Bonchev–Trinajstić information content (AvgIpc) is 2.97. The SMILES string of the molecule is CN=C(NCCc1c(C)[nH]c2ccccc12)NCCN1CCCCC1.I. The molecule has 1 aliphatic rings. The molecule has 0 amide bonds. The number of halogens is 1. The lowest BCUT2D eigenvalue weighted by Crippen LogP contribution is -2.43. The first-order chi connectivity index (χ1) is 12.3. The molecule has 1 aromatic carbocycles. The third-order valence-corrected chi connectivity index (χ3v) is 5.09. The summed E-state index contributed by atoms with van der Waals surface area (Å²) in [4.78, 5) is 10.4. The van der Waals surface area contributed by atoms with Crippen molar-refractivity contribution in [2.24, 2.45) is 4.99 Å². The van der Waals surface area contributed by atoms with Crippen LogP contribution in [-0.4, -0.2) is 55.6 Å². The van der Waals surface area contributed by atoms with Crippen molar-refractivity contribution in [1.29, 1.82) is 0 Å². The van der Waals surface area contributed by atoms with Gasteiger partial charge >= 0.3 is 0 Å². The summed E-state index contributed by atoms with van der Waals surface area (Å²) in [6.45, 7) is 7.57. The number of aromatic amines is 1. The summed E-state index contributed by atoms with van der Waals surface area (Å²) in [6.07, 6.45) is 5.07. The summed E-state index contributed by atoms with van der Waals surface area (Å²) in [6, 6.07) is 8.52. The molecule has 1 saturated heterocycles. The van der Waals surface area contributed by atoms with Crippen LogP contribution in [0, 0.1) is 6.92 Å². The highest BCUT2D eigenvalue weighted by molar-refractivity contribution is 14.0. The van der Waals surface area contributed by atoms with Gasteiger partial charge in [0.25, 0.3) is 0 Å². The van der Waals surface area contributed by atoms with E-state index in [4.69, 9.17) is 0 Å². The number of benzene rings is 1. The lowest BCUT2D eigenvalue weighted by molar-refractivity contribution is 0.232. The van der Waals surface area contributed by atoms with Crippen molar-refractivity contribution in [2.75, 3.05) is 39.8 Å². The van der Waals surface area contributed by atoms with Gasteiger partial charge in [0, 0.05) is 43.3 Å². The first kappa shape index (κ1) is 21.0. The first-order valence-corrected chi connectivity index (χ1v) is 9.51. The fourth-order valence-electron chi connectivity index (χ4n) is 3.70. The highest BCUT2D eigenvalue weighted by Gasteiger charge is 2.10. The molecule has 0 unspecified atom stereocenters.